The summed E-state index contributed by atoms with van der Waals surface area (Å²) in [4.78, 5) is 8.57. The lowest BCUT2D eigenvalue weighted by Gasteiger charge is -2.21. The molecule has 0 radical (unpaired) electrons. The van der Waals surface area contributed by atoms with Gasteiger partial charge in [-0.25, -0.2) is 9.97 Å². The first kappa shape index (κ1) is 15.4. The lowest BCUT2D eigenvalue weighted by Crippen LogP contribution is -2.20. The molecule has 0 amide bonds. The molecule has 6 nitrogen and oxygen atoms in total. The van der Waals surface area contributed by atoms with Crippen LogP contribution in [0.1, 0.15) is 29.2 Å². The number of nitrogens with zero attached hydrogens (tertiary/aromatic N) is 3. The second-order valence-corrected chi connectivity index (χ2v) is 6.66. The summed E-state index contributed by atoms with van der Waals surface area (Å²) in [6.07, 6.45) is 9.48. The van der Waals surface area contributed by atoms with Crippen LogP contribution in [0.4, 0.5) is 0 Å². The molecule has 132 valence electrons. The molecule has 0 spiro atoms. The molecule has 1 aliphatic carbocycles. The Hall–Kier alpha value is -2.86. The van der Waals surface area contributed by atoms with Crippen LogP contribution in [0.2, 0.25) is 0 Å². The molecule has 2 aromatic heterocycles. The molecular formula is C20H20N4O2. The number of hydrogen-bond acceptors (Lipinski definition) is 5. The van der Waals surface area contributed by atoms with Crippen molar-refractivity contribution in [3.8, 4) is 17.3 Å². The van der Waals surface area contributed by atoms with Gasteiger partial charge >= 0.3 is 0 Å². The van der Waals surface area contributed by atoms with Crippen molar-refractivity contribution in [2.75, 3.05) is 13.2 Å². The smallest absolute Gasteiger partial charge is 0.161 e. The fourth-order valence-electron chi connectivity index (χ4n) is 3.66. The van der Waals surface area contributed by atoms with E-state index in [2.05, 4.69) is 33.5 Å². The number of aryl methyl sites for hydroxylation is 1. The molecule has 0 unspecified atom stereocenters. The number of imidazole rings is 1. The van der Waals surface area contributed by atoms with E-state index in [1.54, 1.807) is 12.5 Å². The molecule has 0 fully saturated rings. The molecule has 2 aliphatic rings. The van der Waals surface area contributed by atoms with Crippen molar-refractivity contribution < 1.29 is 9.47 Å². The molecule has 6 heteroatoms. The van der Waals surface area contributed by atoms with Gasteiger partial charge in [0.2, 0.25) is 0 Å². The highest BCUT2D eigenvalue weighted by Crippen LogP contribution is 2.40. The van der Waals surface area contributed by atoms with E-state index in [9.17, 15) is 0 Å². The maximum absolute atomic E-state index is 5.74. The van der Waals surface area contributed by atoms with Gasteiger partial charge in [0.25, 0.3) is 0 Å². The SMILES string of the molecule is c1cn(-c2ccc(CN[C@H]3CCc4cc5c(cc43)OCCO5)cn2)cn1. The fourth-order valence-corrected chi connectivity index (χ4v) is 3.66. The normalized spacial score (nSPS) is 17.9. The Labute approximate surface area is 151 Å². The van der Waals surface area contributed by atoms with Crippen molar-refractivity contribution in [1.29, 1.82) is 0 Å². The minimum absolute atomic E-state index is 0.342. The van der Waals surface area contributed by atoms with Gasteiger partial charge in [0.1, 0.15) is 25.4 Å². The summed E-state index contributed by atoms with van der Waals surface area (Å²) < 4.78 is 13.3. The predicted octanol–water partition coefficient (Wildman–Crippen LogP) is 2.82. The van der Waals surface area contributed by atoms with Gasteiger partial charge in [0.15, 0.2) is 11.5 Å². The molecule has 1 atom stereocenters. The summed E-state index contributed by atoms with van der Waals surface area (Å²) in [7, 11) is 0. The van der Waals surface area contributed by atoms with Gasteiger partial charge in [0.05, 0.1) is 0 Å². The van der Waals surface area contributed by atoms with Gasteiger partial charge in [-0.3, -0.25) is 4.57 Å². The number of rotatable bonds is 4. The zero-order valence-electron chi connectivity index (χ0n) is 14.4. The van der Waals surface area contributed by atoms with Crippen LogP contribution in [0.25, 0.3) is 5.82 Å². The van der Waals surface area contributed by atoms with E-state index in [1.165, 1.54) is 16.7 Å². The highest BCUT2D eigenvalue weighted by atomic mass is 16.6. The highest BCUT2D eigenvalue weighted by Gasteiger charge is 2.26. The summed E-state index contributed by atoms with van der Waals surface area (Å²) in [5.41, 5.74) is 3.86. The quantitative estimate of drug-likeness (QED) is 0.786. The molecule has 0 saturated heterocycles. The fraction of sp³-hybridized carbons (Fsp3) is 0.300. The molecule has 1 aromatic carbocycles. The second kappa shape index (κ2) is 6.46. The minimum atomic E-state index is 0.342. The van der Waals surface area contributed by atoms with Crippen molar-refractivity contribution in [1.82, 2.24) is 19.9 Å². The van der Waals surface area contributed by atoms with E-state index in [-0.39, 0.29) is 0 Å². The summed E-state index contributed by atoms with van der Waals surface area (Å²) in [6, 6.07) is 8.76. The third-order valence-corrected chi connectivity index (χ3v) is 5.01. The zero-order chi connectivity index (χ0) is 17.3. The number of ether oxygens (including phenoxy) is 2. The van der Waals surface area contributed by atoms with Gasteiger partial charge in [-0.2, -0.15) is 0 Å². The molecular weight excluding hydrogens is 328 g/mol. The van der Waals surface area contributed by atoms with Gasteiger partial charge in [0, 0.05) is 31.2 Å². The van der Waals surface area contributed by atoms with Gasteiger partial charge in [-0.15, -0.1) is 0 Å². The van der Waals surface area contributed by atoms with Crippen molar-refractivity contribution in [3.05, 3.63) is 65.9 Å². The number of pyridine rings is 1. The summed E-state index contributed by atoms with van der Waals surface area (Å²) >= 11 is 0. The summed E-state index contributed by atoms with van der Waals surface area (Å²) in [5, 5.41) is 3.66. The largest absolute Gasteiger partial charge is 0.486 e. The molecule has 5 rings (SSSR count). The number of hydrogen-bond donors (Lipinski definition) is 1. The van der Waals surface area contributed by atoms with Crippen LogP contribution >= 0.6 is 0 Å². The zero-order valence-corrected chi connectivity index (χ0v) is 14.4. The van der Waals surface area contributed by atoms with Crippen LogP contribution in [-0.2, 0) is 13.0 Å². The van der Waals surface area contributed by atoms with E-state index in [0.717, 1.165) is 36.7 Å². The molecule has 0 saturated carbocycles. The van der Waals surface area contributed by atoms with Crippen molar-refractivity contribution in [3.63, 3.8) is 0 Å². The number of aromatic nitrogens is 3. The highest BCUT2D eigenvalue weighted by molar-refractivity contribution is 5.51. The van der Waals surface area contributed by atoms with Crippen LogP contribution in [0.3, 0.4) is 0 Å². The first-order valence-corrected chi connectivity index (χ1v) is 8.96. The lowest BCUT2D eigenvalue weighted by atomic mass is 10.1. The number of nitrogens with one attached hydrogen (secondary N) is 1. The van der Waals surface area contributed by atoms with E-state index in [4.69, 9.17) is 9.47 Å². The third-order valence-electron chi connectivity index (χ3n) is 5.01. The topological polar surface area (TPSA) is 61.2 Å². The van der Waals surface area contributed by atoms with Crippen LogP contribution in [0.5, 0.6) is 11.5 Å². The predicted molar refractivity (Wildman–Crippen MR) is 96.7 cm³/mol. The van der Waals surface area contributed by atoms with Gasteiger partial charge < -0.3 is 14.8 Å². The average molecular weight is 348 g/mol. The maximum atomic E-state index is 5.74. The lowest BCUT2D eigenvalue weighted by molar-refractivity contribution is 0.171. The van der Waals surface area contributed by atoms with E-state index >= 15 is 0 Å². The monoisotopic (exact) mass is 348 g/mol. The van der Waals surface area contributed by atoms with Gasteiger partial charge in [-0.1, -0.05) is 6.07 Å². The molecule has 3 aromatic rings. The Bertz CT molecular complexity index is 906. The van der Waals surface area contributed by atoms with Crippen LogP contribution in [0.15, 0.2) is 49.2 Å². The first-order valence-electron chi connectivity index (χ1n) is 8.96. The molecule has 26 heavy (non-hydrogen) atoms. The van der Waals surface area contributed by atoms with E-state index in [1.807, 2.05) is 23.0 Å². The molecule has 0 bridgehead atoms. The van der Waals surface area contributed by atoms with E-state index in [0.29, 0.717) is 19.3 Å². The first-order chi connectivity index (χ1) is 12.9. The van der Waals surface area contributed by atoms with Gasteiger partial charge in [-0.05, 0) is 47.7 Å². The number of fused-ring (bicyclic) bond motifs is 2. The Morgan fingerprint density at radius 1 is 1.15 bits per heavy atom. The molecule has 3 heterocycles. The van der Waals surface area contributed by atoms with E-state index < -0.39 is 0 Å². The third kappa shape index (κ3) is 2.82. The van der Waals surface area contributed by atoms with Crippen molar-refractivity contribution in [2.45, 2.75) is 25.4 Å². The number of benzene rings is 1. The summed E-state index contributed by atoms with van der Waals surface area (Å²) in [5.74, 6) is 2.63. The minimum Gasteiger partial charge on any atom is -0.486 e. The second-order valence-electron chi connectivity index (χ2n) is 6.66. The molecule has 1 N–H and O–H groups in total. The Kier molecular flexibility index (Phi) is 3.83. The van der Waals surface area contributed by atoms with Crippen LogP contribution in [-0.4, -0.2) is 27.7 Å². The average Bonchev–Trinajstić information content (AvgIpc) is 3.35. The van der Waals surface area contributed by atoms with Crippen molar-refractivity contribution in [2.24, 2.45) is 0 Å². The molecule has 1 aliphatic heterocycles. The Balaban J connectivity index is 1.28. The Morgan fingerprint density at radius 3 is 2.81 bits per heavy atom. The Morgan fingerprint density at radius 2 is 2.04 bits per heavy atom. The maximum Gasteiger partial charge on any atom is 0.161 e. The van der Waals surface area contributed by atoms with Crippen LogP contribution < -0.4 is 14.8 Å². The van der Waals surface area contributed by atoms with Crippen molar-refractivity contribution >= 4 is 0 Å². The standard InChI is InChI=1S/C20H20N4O2/c1-4-20(24-6-5-21-13-24)23-12-14(1)11-22-17-3-2-15-9-18-19(10-16(15)17)26-8-7-25-18/h1,4-6,9-10,12-13,17,22H,2-3,7-8,11H2/t17-/m0/s1. The summed E-state index contributed by atoms with van der Waals surface area (Å²) in [6.45, 7) is 2.05. The van der Waals surface area contributed by atoms with Crippen LogP contribution in [0, 0.1) is 0 Å².